The van der Waals surface area contributed by atoms with Crippen molar-refractivity contribution >= 4 is 0 Å². The van der Waals surface area contributed by atoms with Crippen molar-refractivity contribution in [2.45, 2.75) is 13.8 Å². The molecule has 0 atom stereocenters. The van der Waals surface area contributed by atoms with Crippen LogP contribution in [0.25, 0.3) is 0 Å². The molecule has 1 rings (SSSR count). The van der Waals surface area contributed by atoms with Crippen LogP contribution in [0.5, 0.6) is 0 Å². The highest BCUT2D eigenvalue weighted by atomic mass is 16.5. The standard InChI is InChI=1S/C6H9O/c1-6(2)3-4-7-5-6/h3H,5H2,1-2H3. The number of ether oxygens (including phenoxy) is 1. The van der Waals surface area contributed by atoms with Crippen molar-refractivity contribution in [2.24, 2.45) is 5.41 Å². The third-order valence-electron chi connectivity index (χ3n) is 0.977. The summed E-state index contributed by atoms with van der Waals surface area (Å²) in [6.45, 7) is 5.02. The summed E-state index contributed by atoms with van der Waals surface area (Å²) in [7, 11) is 0. The van der Waals surface area contributed by atoms with E-state index in [-0.39, 0.29) is 5.41 Å². The van der Waals surface area contributed by atoms with Gasteiger partial charge in [-0.3, -0.25) is 0 Å². The van der Waals surface area contributed by atoms with E-state index in [1.165, 1.54) is 0 Å². The molecule has 0 aromatic carbocycles. The molecule has 0 unspecified atom stereocenters. The molecular weight excluding hydrogens is 88.1 g/mol. The third-order valence-corrected chi connectivity index (χ3v) is 0.977. The van der Waals surface area contributed by atoms with Gasteiger partial charge in [0.1, 0.15) is 0 Å². The molecule has 1 aliphatic heterocycles. The molecule has 0 spiro atoms. The Bertz CT molecular complexity index is 92.4. The van der Waals surface area contributed by atoms with Crippen LogP contribution in [-0.4, -0.2) is 6.61 Å². The van der Waals surface area contributed by atoms with Gasteiger partial charge in [0.05, 0.1) is 6.61 Å². The van der Waals surface area contributed by atoms with E-state index in [4.69, 9.17) is 4.74 Å². The topological polar surface area (TPSA) is 9.23 Å². The maximum absolute atomic E-state index is 4.85. The van der Waals surface area contributed by atoms with Crippen LogP contribution in [0, 0.1) is 11.7 Å². The fourth-order valence-corrected chi connectivity index (χ4v) is 0.471. The van der Waals surface area contributed by atoms with Crippen molar-refractivity contribution in [1.29, 1.82) is 0 Å². The SMILES string of the molecule is CC1(C)C=[C]OC1. The normalized spacial score (nSPS) is 24.9. The Hall–Kier alpha value is -0.460. The maximum Gasteiger partial charge on any atom is 0.157 e. The lowest BCUT2D eigenvalue weighted by atomic mass is 9.97. The molecule has 0 aliphatic carbocycles. The van der Waals surface area contributed by atoms with Gasteiger partial charge >= 0.3 is 0 Å². The maximum atomic E-state index is 4.85. The Morgan fingerprint density at radius 2 is 2.43 bits per heavy atom. The molecule has 0 saturated heterocycles. The van der Waals surface area contributed by atoms with Crippen LogP contribution < -0.4 is 0 Å². The zero-order chi connectivity index (χ0) is 5.33. The molecule has 0 saturated carbocycles. The highest BCUT2D eigenvalue weighted by Gasteiger charge is 2.18. The summed E-state index contributed by atoms with van der Waals surface area (Å²) in [5.41, 5.74) is 0.236. The second kappa shape index (κ2) is 1.25. The van der Waals surface area contributed by atoms with Crippen molar-refractivity contribution in [3.63, 3.8) is 0 Å². The van der Waals surface area contributed by atoms with Gasteiger partial charge in [-0.15, -0.1) is 0 Å². The molecule has 7 heavy (non-hydrogen) atoms. The molecule has 0 aromatic rings. The minimum absolute atomic E-state index is 0.236. The van der Waals surface area contributed by atoms with E-state index >= 15 is 0 Å². The van der Waals surface area contributed by atoms with Crippen LogP contribution >= 0.6 is 0 Å². The van der Waals surface area contributed by atoms with E-state index in [1.807, 2.05) is 6.08 Å². The average Bonchev–Trinajstić information content (AvgIpc) is 1.84. The zero-order valence-corrected chi connectivity index (χ0v) is 4.69. The van der Waals surface area contributed by atoms with Gasteiger partial charge in [-0.05, 0) is 6.08 Å². The number of hydrogen-bond donors (Lipinski definition) is 0. The molecular formula is C6H9O. The smallest absolute Gasteiger partial charge is 0.157 e. The van der Waals surface area contributed by atoms with Crippen molar-refractivity contribution in [3.8, 4) is 0 Å². The molecule has 1 heterocycles. The van der Waals surface area contributed by atoms with Gasteiger partial charge in [-0.25, -0.2) is 0 Å². The molecule has 0 amide bonds. The van der Waals surface area contributed by atoms with Crippen molar-refractivity contribution < 1.29 is 4.74 Å². The predicted molar refractivity (Wildman–Crippen MR) is 27.5 cm³/mol. The van der Waals surface area contributed by atoms with E-state index in [9.17, 15) is 0 Å². The minimum atomic E-state index is 0.236. The second-order valence-electron chi connectivity index (χ2n) is 2.54. The first kappa shape index (κ1) is 4.69. The fourth-order valence-electron chi connectivity index (χ4n) is 0.471. The Kier molecular flexibility index (Phi) is 0.841. The molecule has 0 fully saturated rings. The summed E-state index contributed by atoms with van der Waals surface area (Å²) < 4.78 is 4.85. The van der Waals surface area contributed by atoms with Crippen LogP contribution in [0.3, 0.4) is 0 Å². The van der Waals surface area contributed by atoms with Gasteiger partial charge in [0.25, 0.3) is 0 Å². The van der Waals surface area contributed by atoms with Crippen molar-refractivity contribution in [2.75, 3.05) is 6.61 Å². The van der Waals surface area contributed by atoms with Crippen molar-refractivity contribution in [1.82, 2.24) is 0 Å². The summed E-state index contributed by atoms with van der Waals surface area (Å²) >= 11 is 0. The first-order valence-corrected chi connectivity index (χ1v) is 2.42. The molecule has 0 N–H and O–H groups in total. The molecule has 1 aliphatic rings. The first-order valence-electron chi connectivity index (χ1n) is 2.42. The fraction of sp³-hybridized carbons (Fsp3) is 0.667. The highest BCUT2D eigenvalue weighted by Crippen LogP contribution is 2.21. The number of hydrogen-bond acceptors (Lipinski definition) is 1. The van der Waals surface area contributed by atoms with Crippen LogP contribution in [0.4, 0.5) is 0 Å². The van der Waals surface area contributed by atoms with Crippen LogP contribution in [-0.2, 0) is 4.74 Å². The van der Waals surface area contributed by atoms with E-state index in [1.54, 1.807) is 0 Å². The van der Waals surface area contributed by atoms with Crippen LogP contribution in [0.15, 0.2) is 6.08 Å². The molecule has 0 aromatic heterocycles. The minimum Gasteiger partial charge on any atom is -0.489 e. The van der Waals surface area contributed by atoms with Gasteiger partial charge in [-0.2, -0.15) is 0 Å². The van der Waals surface area contributed by atoms with Gasteiger partial charge in [-0.1, -0.05) is 13.8 Å². The second-order valence-corrected chi connectivity index (χ2v) is 2.54. The lowest BCUT2D eigenvalue weighted by molar-refractivity contribution is 0.197. The average molecular weight is 97.1 g/mol. The Labute approximate surface area is 44.0 Å². The zero-order valence-electron chi connectivity index (χ0n) is 4.69. The lowest BCUT2D eigenvalue weighted by Gasteiger charge is -2.09. The van der Waals surface area contributed by atoms with E-state index in [0.717, 1.165) is 6.61 Å². The Morgan fingerprint density at radius 1 is 1.71 bits per heavy atom. The number of rotatable bonds is 0. The Balaban J connectivity index is 2.57. The van der Waals surface area contributed by atoms with E-state index < -0.39 is 0 Å². The largest absolute Gasteiger partial charge is 0.489 e. The van der Waals surface area contributed by atoms with Gasteiger partial charge in [0.2, 0.25) is 0 Å². The summed E-state index contributed by atoms with van der Waals surface area (Å²) in [4.78, 5) is 0. The summed E-state index contributed by atoms with van der Waals surface area (Å²) in [6, 6.07) is 0. The molecule has 1 radical (unpaired) electrons. The van der Waals surface area contributed by atoms with E-state index in [2.05, 4.69) is 20.1 Å². The summed E-state index contributed by atoms with van der Waals surface area (Å²) in [5, 5.41) is 0. The quantitative estimate of drug-likeness (QED) is 0.443. The molecule has 0 bridgehead atoms. The first-order chi connectivity index (χ1) is 3.21. The van der Waals surface area contributed by atoms with Gasteiger partial charge in [0.15, 0.2) is 6.26 Å². The predicted octanol–water partition coefficient (Wildman–Crippen LogP) is 1.36. The third kappa shape index (κ3) is 0.952. The van der Waals surface area contributed by atoms with Gasteiger partial charge < -0.3 is 4.74 Å². The summed E-state index contributed by atoms with van der Waals surface area (Å²) in [6.07, 6.45) is 4.64. The molecule has 39 valence electrons. The molecule has 1 nitrogen and oxygen atoms in total. The van der Waals surface area contributed by atoms with Gasteiger partial charge in [0, 0.05) is 5.41 Å². The molecule has 1 heteroatoms. The van der Waals surface area contributed by atoms with Crippen LogP contribution in [0.2, 0.25) is 0 Å². The van der Waals surface area contributed by atoms with Crippen LogP contribution in [0.1, 0.15) is 13.8 Å². The monoisotopic (exact) mass is 97.1 g/mol. The van der Waals surface area contributed by atoms with E-state index in [0.29, 0.717) is 0 Å². The highest BCUT2D eigenvalue weighted by molar-refractivity contribution is 4.92. The van der Waals surface area contributed by atoms with Crippen molar-refractivity contribution in [3.05, 3.63) is 12.3 Å². The lowest BCUT2D eigenvalue weighted by Crippen LogP contribution is -2.08. The summed E-state index contributed by atoms with van der Waals surface area (Å²) in [5.74, 6) is 0. The Morgan fingerprint density at radius 3 is 2.57 bits per heavy atom.